The van der Waals surface area contributed by atoms with Crippen LogP contribution in [0.25, 0.3) is 0 Å². The summed E-state index contributed by atoms with van der Waals surface area (Å²) in [5.74, 6) is -1.11. The molecule has 19 heavy (non-hydrogen) atoms. The molecule has 0 bridgehead atoms. The molecule has 1 atom stereocenters. The fourth-order valence-electron chi connectivity index (χ4n) is 2.73. The molecular formula is C14H17NO3S. The van der Waals surface area contributed by atoms with Crippen molar-refractivity contribution in [2.24, 2.45) is 5.92 Å². The van der Waals surface area contributed by atoms with Crippen molar-refractivity contribution in [2.45, 2.75) is 44.6 Å². The van der Waals surface area contributed by atoms with Crippen LogP contribution in [-0.4, -0.2) is 22.5 Å². The summed E-state index contributed by atoms with van der Waals surface area (Å²) in [6.07, 6.45) is 5.01. The molecule has 0 spiro atoms. The largest absolute Gasteiger partial charge is 0.480 e. The maximum atomic E-state index is 12.2. The Morgan fingerprint density at radius 2 is 2.16 bits per heavy atom. The second-order valence-corrected chi connectivity index (χ2v) is 6.79. The van der Waals surface area contributed by atoms with Crippen molar-refractivity contribution < 1.29 is 14.7 Å². The number of hydrogen-bond donors (Lipinski definition) is 2. The van der Waals surface area contributed by atoms with Crippen LogP contribution in [0.3, 0.4) is 0 Å². The van der Waals surface area contributed by atoms with Gasteiger partial charge < -0.3 is 10.4 Å². The molecule has 4 nitrogen and oxygen atoms in total. The summed E-state index contributed by atoms with van der Waals surface area (Å²) in [5.41, 5.74) is 0.143. The van der Waals surface area contributed by atoms with Gasteiger partial charge in [-0.25, -0.2) is 4.79 Å². The van der Waals surface area contributed by atoms with Gasteiger partial charge in [0.05, 0.1) is 4.88 Å². The zero-order chi connectivity index (χ0) is 13.6. The van der Waals surface area contributed by atoms with E-state index in [1.54, 1.807) is 6.92 Å². The summed E-state index contributed by atoms with van der Waals surface area (Å²) in [5, 5.41) is 12.1. The molecule has 1 aromatic heterocycles. The van der Waals surface area contributed by atoms with Gasteiger partial charge in [-0.2, -0.15) is 0 Å². The molecule has 1 heterocycles. The van der Waals surface area contributed by atoms with Crippen LogP contribution < -0.4 is 5.32 Å². The lowest BCUT2D eigenvalue weighted by Gasteiger charge is -2.25. The first kappa shape index (κ1) is 12.7. The molecule has 0 saturated heterocycles. The number of carbonyl (C=O) groups is 2. The van der Waals surface area contributed by atoms with Crippen LogP contribution in [0.5, 0.6) is 0 Å². The average molecular weight is 279 g/mol. The topological polar surface area (TPSA) is 66.4 Å². The predicted octanol–water partition coefficient (Wildman–Crippen LogP) is 2.22. The molecule has 1 amide bonds. The minimum atomic E-state index is -1.12. The van der Waals surface area contributed by atoms with E-state index in [4.69, 9.17) is 0 Å². The van der Waals surface area contributed by atoms with Gasteiger partial charge in [0.1, 0.15) is 5.54 Å². The number of rotatable bonds is 4. The Hall–Kier alpha value is -1.36. The van der Waals surface area contributed by atoms with Gasteiger partial charge in [0, 0.05) is 4.88 Å². The second-order valence-electron chi connectivity index (χ2n) is 5.65. The van der Waals surface area contributed by atoms with Crippen LogP contribution in [0.4, 0.5) is 0 Å². The van der Waals surface area contributed by atoms with Gasteiger partial charge in [-0.15, -0.1) is 11.3 Å². The summed E-state index contributed by atoms with van der Waals surface area (Å²) in [7, 11) is 0. The molecule has 1 fully saturated rings. The van der Waals surface area contributed by atoms with Crippen LogP contribution in [0.1, 0.15) is 46.3 Å². The van der Waals surface area contributed by atoms with Gasteiger partial charge in [-0.1, -0.05) is 0 Å². The van der Waals surface area contributed by atoms with E-state index in [1.807, 2.05) is 6.07 Å². The Labute approximate surface area is 115 Å². The summed E-state index contributed by atoms with van der Waals surface area (Å²) in [6.45, 7) is 1.62. The summed E-state index contributed by atoms with van der Waals surface area (Å²) in [4.78, 5) is 25.6. The van der Waals surface area contributed by atoms with Gasteiger partial charge in [-0.3, -0.25) is 4.79 Å². The smallest absolute Gasteiger partial charge is 0.329 e. The molecule has 3 rings (SSSR count). The minimum absolute atomic E-state index is 0.0701. The Morgan fingerprint density at radius 3 is 2.74 bits per heavy atom. The molecule has 2 aliphatic rings. The Bertz CT molecular complexity index is 525. The molecule has 1 aromatic rings. The number of amides is 1. The number of thiophene rings is 1. The van der Waals surface area contributed by atoms with Gasteiger partial charge in [0.15, 0.2) is 0 Å². The normalized spacial score (nSPS) is 20.7. The number of hydrogen-bond acceptors (Lipinski definition) is 3. The van der Waals surface area contributed by atoms with Gasteiger partial charge in [0.2, 0.25) is 0 Å². The highest BCUT2D eigenvalue weighted by Gasteiger charge is 2.48. The Balaban J connectivity index is 1.78. The second kappa shape index (κ2) is 4.34. The lowest BCUT2D eigenvalue weighted by Crippen LogP contribution is -2.53. The van der Waals surface area contributed by atoms with E-state index >= 15 is 0 Å². The lowest BCUT2D eigenvalue weighted by atomic mass is 9.96. The van der Waals surface area contributed by atoms with Crippen LogP contribution in [0.2, 0.25) is 0 Å². The minimum Gasteiger partial charge on any atom is -0.480 e. The quantitative estimate of drug-likeness (QED) is 0.888. The first-order chi connectivity index (χ1) is 9.00. The standard InChI is InChI=1S/C14H17NO3S/c1-14(13(17)18,9-5-6-9)15-12(16)11-7-8-3-2-4-10(8)19-11/h7,9H,2-6H2,1H3,(H,15,16)(H,17,18). The fraction of sp³-hybridized carbons (Fsp3) is 0.571. The third kappa shape index (κ3) is 2.16. The van der Waals surface area contributed by atoms with Crippen LogP contribution in [0.15, 0.2) is 6.07 Å². The predicted molar refractivity (Wildman–Crippen MR) is 72.6 cm³/mol. The van der Waals surface area contributed by atoms with E-state index in [0.29, 0.717) is 4.88 Å². The zero-order valence-electron chi connectivity index (χ0n) is 10.9. The van der Waals surface area contributed by atoms with Gasteiger partial charge in [-0.05, 0) is 56.6 Å². The molecule has 5 heteroatoms. The third-order valence-corrected chi connectivity index (χ3v) is 5.42. The first-order valence-corrected chi connectivity index (χ1v) is 7.50. The number of fused-ring (bicyclic) bond motifs is 1. The molecule has 0 aliphatic heterocycles. The number of carbonyl (C=O) groups excluding carboxylic acids is 1. The summed E-state index contributed by atoms with van der Waals surface area (Å²) < 4.78 is 0. The maximum absolute atomic E-state index is 12.2. The fourth-order valence-corrected chi connectivity index (χ4v) is 3.88. The van der Waals surface area contributed by atoms with Crippen molar-refractivity contribution >= 4 is 23.2 Å². The van der Waals surface area contributed by atoms with E-state index in [9.17, 15) is 14.7 Å². The van der Waals surface area contributed by atoms with Crippen molar-refractivity contribution in [1.29, 1.82) is 0 Å². The number of nitrogens with one attached hydrogen (secondary N) is 1. The molecule has 1 unspecified atom stereocenters. The Morgan fingerprint density at radius 1 is 1.42 bits per heavy atom. The third-order valence-electron chi connectivity index (χ3n) is 4.18. The van der Waals surface area contributed by atoms with E-state index in [0.717, 1.165) is 32.1 Å². The molecule has 2 aliphatic carbocycles. The van der Waals surface area contributed by atoms with Crippen molar-refractivity contribution in [1.82, 2.24) is 5.32 Å². The summed E-state index contributed by atoms with van der Waals surface area (Å²) in [6, 6.07) is 1.93. The van der Waals surface area contributed by atoms with Crippen LogP contribution in [-0.2, 0) is 17.6 Å². The highest BCUT2D eigenvalue weighted by atomic mass is 32.1. The number of aryl methyl sites for hydroxylation is 2. The van der Waals surface area contributed by atoms with Crippen LogP contribution >= 0.6 is 11.3 Å². The Kier molecular flexibility index (Phi) is 2.89. The maximum Gasteiger partial charge on any atom is 0.329 e. The van der Waals surface area contributed by atoms with Crippen molar-refractivity contribution in [2.75, 3.05) is 0 Å². The van der Waals surface area contributed by atoms with E-state index in [-0.39, 0.29) is 11.8 Å². The first-order valence-electron chi connectivity index (χ1n) is 6.68. The summed E-state index contributed by atoms with van der Waals surface area (Å²) >= 11 is 1.51. The molecule has 2 N–H and O–H groups in total. The van der Waals surface area contributed by atoms with Gasteiger partial charge >= 0.3 is 5.97 Å². The van der Waals surface area contributed by atoms with Crippen molar-refractivity contribution in [3.8, 4) is 0 Å². The average Bonchev–Trinajstić information content (AvgIpc) is 2.98. The van der Waals surface area contributed by atoms with Crippen LogP contribution in [0, 0.1) is 5.92 Å². The SMILES string of the molecule is CC(NC(=O)c1cc2c(s1)CCC2)(C(=O)O)C1CC1. The highest BCUT2D eigenvalue weighted by molar-refractivity contribution is 7.14. The highest BCUT2D eigenvalue weighted by Crippen LogP contribution is 2.40. The van der Waals surface area contributed by atoms with E-state index < -0.39 is 11.5 Å². The zero-order valence-corrected chi connectivity index (χ0v) is 11.7. The molecule has 102 valence electrons. The van der Waals surface area contributed by atoms with Crippen molar-refractivity contribution in [3.63, 3.8) is 0 Å². The monoisotopic (exact) mass is 279 g/mol. The number of carboxylic acid groups (broad SMARTS) is 1. The number of carboxylic acids is 1. The molecular weight excluding hydrogens is 262 g/mol. The molecule has 1 saturated carbocycles. The molecule has 0 aromatic carbocycles. The van der Waals surface area contributed by atoms with E-state index in [1.165, 1.54) is 21.8 Å². The molecule has 0 radical (unpaired) electrons. The van der Waals surface area contributed by atoms with Gasteiger partial charge in [0.25, 0.3) is 5.91 Å². The lowest BCUT2D eigenvalue weighted by molar-refractivity contribution is -0.144. The van der Waals surface area contributed by atoms with Crippen molar-refractivity contribution in [3.05, 3.63) is 21.4 Å². The number of aliphatic carboxylic acids is 1. The van der Waals surface area contributed by atoms with E-state index in [2.05, 4.69) is 5.32 Å².